The Balaban J connectivity index is 1.51. The smallest absolute Gasteiger partial charge is 0.224 e. The Morgan fingerprint density at radius 1 is 0.756 bits per heavy atom. The van der Waals surface area contributed by atoms with Crippen LogP contribution in [0.25, 0.3) is 0 Å². The summed E-state index contributed by atoms with van der Waals surface area (Å²) in [5.41, 5.74) is 6.96. The molecule has 3 rings (SSSR count). The van der Waals surface area contributed by atoms with E-state index in [0.29, 0.717) is 6.54 Å². The Kier molecular flexibility index (Phi) is 15.1. The Hall–Kier alpha value is -3.14. The van der Waals surface area contributed by atoms with Crippen molar-refractivity contribution in [3.63, 3.8) is 0 Å². The van der Waals surface area contributed by atoms with Crippen LogP contribution >= 0.6 is 0 Å². The molecule has 0 aliphatic rings. The van der Waals surface area contributed by atoms with Crippen molar-refractivity contribution in [1.82, 2.24) is 0 Å². The summed E-state index contributed by atoms with van der Waals surface area (Å²) >= 11 is 0. The fourth-order valence-corrected chi connectivity index (χ4v) is 5.90. The first-order valence-electron chi connectivity index (χ1n) is 17.7. The van der Waals surface area contributed by atoms with E-state index < -0.39 is 0 Å². The first kappa shape index (κ1) is 36.3. The molecule has 246 valence electrons. The molecule has 1 aromatic heterocycles. The highest BCUT2D eigenvalue weighted by Gasteiger charge is 2.21. The molecule has 0 N–H and O–H groups in total. The van der Waals surface area contributed by atoms with E-state index in [-0.39, 0.29) is 11.3 Å². The number of hydrogen-bond donors (Lipinski definition) is 0. The third-order valence-electron chi connectivity index (χ3n) is 8.94. The molecule has 4 heteroatoms. The van der Waals surface area contributed by atoms with Gasteiger partial charge in [0.15, 0.2) is 18.9 Å². The summed E-state index contributed by atoms with van der Waals surface area (Å²) in [7, 11) is 0. The molecular weight excluding hydrogens is 552 g/mol. The van der Waals surface area contributed by atoms with Crippen molar-refractivity contribution in [1.29, 1.82) is 0 Å². The summed E-state index contributed by atoms with van der Waals surface area (Å²) in [4.78, 5) is 14.7. The van der Waals surface area contributed by atoms with Gasteiger partial charge in [0.05, 0.1) is 13.2 Å². The number of hydrogen-bond acceptors (Lipinski definition) is 2. The van der Waals surface area contributed by atoms with E-state index in [4.69, 9.17) is 4.74 Å². The molecule has 0 unspecified atom stereocenters. The minimum Gasteiger partial charge on any atom is -0.493 e. The summed E-state index contributed by atoms with van der Waals surface area (Å²) < 4.78 is 8.55. The quantitative estimate of drug-likeness (QED) is 0.0995. The number of benzene rings is 2. The molecule has 0 spiro atoms. The van der Waals surface area contributed by atoms with Gasteiger partial charge in [-0.3, -0.25) is 4.79 Å². The Bertz CT molecular complexity index is 1310. The van der Waals surface area contributed by atoms with Crippen LogP contribution in [0.1, 0.15) is 139 Å². The molecule has 0 aliphatic heterocycles. The number of carbonyl (C=O) groups is 1. The highest BCUT2D eigenvalue weighted by Crippen LogP contribution is 2.33. The van der Waals surface area contributed by atoms with Crippen molar-refractivity contribution in [2.75, 3.05) is 11.5 Å². The van der Waals surface area contributed by atoms with E-state index in [1.807, 2.05) is 4.90 Å². The molecule has 1 heterocycles. The van der Waals surface area contributed by atoms with Crippen molar-refractivity contribution in [3.05, 3.63) is 88.7 Å². The van der Waals surface area contributed by atoms with Crippen LogP contribution in [0.4, 0.5) is 5.69 Å². The Labute approximate surface area is 275 Å². The van der Waals surface area contributed by atoms with Crippen LogP contribution in [-0.2, 0) is 23.3 Å². The minimum absolute atomic E-state index is 0.0379. The van der Waals surface area contributed by atoms with Crippen LogP contribution in [0, 0.1) is 13.8 Å². The van der Waals surface area contributed by atoms with Crippen molar-refractivity contribution >= 4 is 11.6 Å². The molecule has 0 radical (unpaired) electrons. The molecule has 0 fully saturated rings. The molecule has 0 atom stereocenters. The van der Waals surface area contributed by atoms with E-state index >= 15 is 0 Å². The first-order chi connectivity index (χ1) is 21.6. The predicted octanol–water partition coefficient (Wildman–Crippen LogP) is 10.6. The van der Waals surface area contributed by atoms with E-state index in [0.717, 1.165) is 36.6 Å². The number of unbranched alkanes of at least 4 members (excludes halogenated alkanes) is 11. The van der Waals surface area contributed by atoms with Crippen LogP contribution in [0.5, 0.6) is 5.75 Å². The normalized spacial score (nSPS) is 11.5. The number of nitrogens with zero attached hydrogens (tertiary/aromatic N) is 2. The van der Waals surface area contributed by atoms with E-state index in [1.54, 1.807) is 6.92 Å². The van der Waals surface area contributed by atoms with Gasteiger partial charge < -0.3 is 9.64 Å². The highest BCUT2D eigenvalue weighted by atomic mass is 16.5. The first-order valence-corrected chi connectivity index (χ1v) is 17.7. The lowest BCUT2D eigenvalue weighted by molar-refractivity contribution is -0.688. The zero-order valence-electron chi connectivity index (χ0n) is 29.6. The second-order valence-corrected chi connectivity index (χ2v) is 14.1. The predicted molar refractivity (Wildman–Crippen MR) is 190 cm³/mol. The van der Waals surface area contributed by atoms with Gasteiger partial charge in [-0.2, -0.15) is 0 Å². The van der Waals surface area contributed by atoms with Gasteiger partial charge in [0, 0.05) is 29.8 Å². The number of carbonyl (C=O) groups excluding carboxylic acids is 1. The van der Waals surface area contributed by atoms with Gasteiger partial charge in [-0.1, -0.05) is 117 Å². The summed E-state index contributed by atoms with van der Waals surface area (Å²) in [5.74, 6) is 1.01. The summed E-state index contributed by atoms with van der Waals surface area (Å²) in [5, 5.41) is 0. The van der Waals surface area contributed by atoms with Gasteiger partial charge in [0.2, 0.25) is 5.91 Å². The molecular formula is C41H61N2O2+. The maximum Gasteiger partial charge on any atom is 0.224 e. The monoisotopic (exact) mass is 613 g/mol. The van der Waals surface area contributed by atoms with E-state index in [2.05, 4.69) is 107 Å². The number of pyridine rings is 1. The number of amides is 1. The molecule has 2 aromatic carbocycles. The van der Waals surface area contributed by atoms with Gasteiger partial charge in [-0.25, -0.2) is 4.57 Å². The van der Waals surface area contributed by atoms with Crippen LogP contribution in [-0.4, -0.2) is 12.5 Å². The third kappa shape index (κ3) is 12.6. The molecule has 0 aliphatic carbocycles. The molecule has 3 aromatic rings. The number of rotatable bonds is 19. The third-order valence-corrected chi connectivity index (χ3v) is 8.94. The maximum absolute atomic E-state index is 12.8. The van der Waals surface area contributed by atoms with E-state index in [1.165, 1.54) is 92.9 Å². The zero-order valence-corrected chi connectivity index (χ0v) is 29.6. The molecule has 45 heavy (non-hydrogen) atoms. The minimum atomic E-state index is -0.0589. The van der Waals surface area contributed by atoms with Gasteiger partial charge in [0.25, 0.3) is 0 Å². The van der Waals surface area contributed by atoms with Crippen LogP contribution in [0.3, 0.4) is 0 Å². The fourth-order valence-electron chi connectivity index (χ4n) is 5.90. The van der Waals surface area contributed by atoms with Gasteiger partial charge in [0.1, 0.15) is 5.75 Å². The number of anilines is 1. The fraction of sp³-hybridized carbons (Fsp3) is 0.561. The SMILES string of the molecule is CCCCCCCCCCCCCCOc1ccc(CN(C(C)=O)c2ccc(C[n+]3ccc(C)c(C)c3)cc2)cc1C(C)(C)C. The maximum atomic E-state index is 12.8. The van der Waals surface area contributed by atoms with Crippen LogP contribution in [0.2, 0.25) is 0 Å². The lowest BCUT2D eigenvalue weighted by Crippen LogP contribution is -2.34. The molecule has 0 saturated carbocycles. The average molecular weight is 614 g/mol. The van der Waals surface area contributed by atoms with Gasteiger partial charge in [-0.05, 0) is 66.6 Å². The van der Waals surface area contributed by atoms with Gasteiger partial charge in [-0.15, -0.1) is 0 Å². The highest BCUT2D eigenvalue weighted by molar-refractivity contribution is 5.91. The summed E-state index contributed by atoms with van der Waals surface area (Å²) in [6.45, 7) is 17.0. The lowest BCUT2D eigenvalue weighted by Gasteiger charge is -2.26. The zero-order chi connectivity index (χ0) is 32.7. The lowest BCUT2D eigenvalue weighted by atomic mass is 9.85. The summed E-state index contributed by atoms with van der Waals surface area (Å²) in [6.07, 6.45) is 20.4. The van der Waals surface area contributed by atoms with Crippen LogP contribution < -0.4 is 14.2 Å². The number of aromatic nitrogens is 1. The second kappa shape index (κ2) is 18.7. The van der Waals surface area contributed by atoms with Gasteiger partial charge >= 0.3 is 0 Å². The van der Waals surface area contributed by atoms with E-state index in [9.17, 15) is 4.79 Å². The number of ether oxygens (including phenoxy) is 1. The summed E-state index contributed by atoms with van der Waals surface area (Å²) in [6, 6.07) is 17.0. The molecule has 0 saturated heterocycles. The standard InChI is InChI=1S/C41H61N2O2/c1-8-9-10-11-12-13-14-15-16-17-18-19-28-45-40-25-22-37(29-39(40)41(5,6)7)32-43(35(4)44)38-23-20-36(21-24-38)31-42-27-26-33(2)34(3)30-42/h20-27,29-30H,8-19,28,31-32H2,1-7H3/q+1. The van der Waals surface area contributed by atoms with Crippen molar-refractivity contribution in [2.45, 2.75) is 144 Å². The van der Waals surface area contributed by atoms with Crippen molar-refractivity contribution < 1.29 is 14.1 Å². The molecule has 4 nitrogen and oxygen atoms in total. The average Bonchev–Trinajstić information content (AvgIpc) is 3.00. The Morgan fingerprint density at radius 2 is 1.33 bits per heavy atom. The Morgan fingerprint density at radius 3 is 1.89 bits per heavy atom. The van der Waals surface area contributed by atoms with Crippen LogP contribution in [0.15, 0.2) is 60.9 Å². The van der Waals surface area contributed by atoms with Crippen molar-refractivity contribution in [2.24, 2.45) is 0 Å². The van der Waals surface area contributed by atoms with Crippen molar-refractivity contribution in [3.8, 4) is 5.75 Å². The topological polar surface area (TPSA) is 33.4 Å². The molecule has 0 bridgehead atoms. The second-order valence-electron chi connectivity index (χ2n) is 14.1. The number of aryl methyl sites for hydroxylation is 2. The largest absolute Gasteiger partial charge is 0.493 e. The molecule has 1 amide bonds.